The van der Waals surface area contributed by atoms with Gasteiger partial charge >= 0.3 is 11.9 Å². The van der Waals surface area contributed by atoms with Crippen LogP contribution in [0.4, 0.5) is 0 Å². The Morgan fingerprint density at radius 3 is 2.17 bits per heavy atom. The van der Waals surface area contributed by atoms with Gasteiger partial charge in [-0.15, -0.1) is 0 Å². The molecule has 1 unspecified atom stereocenters. The predicted molar refractivity (Wildman–Crippen MR) is 89.9 cm³/mol. The molecule has 1 N–H and O–H groups in total. The van der Waals surface area contributed by atoms with Gasteiger partial charge in [-0.05, 0) is 12.5 Å². The van der Waals surface area contributed by atoms with Gasteiger partial charge in [-0.1, -0.05) is 46.3 Å². The van der Waals surface area contributed by atoms with Crippen molar-refractivity contribution >= 4 is 27.9 Å². The Morgan fingerprint density at radius 2 is 1.65 bits per heavy atom. The lowest BCUT2D eigenvalue weighted by molar-refractivity contribution is -0.137. The lowest BCUT2D eigenvalue weighted by Crippen LogP contribution is -2.33. The Kier molecular flexibility index (Phi) is 5.60. The van der Waals surface area contributed by atoms with Crippen molar-refractivity contribution in [3.8, 4) is 0 Å². The third-order valence-electron chi connectivity index (χ3n) is 3.72. The van der Waals surface area contributed by atoms with E-state index in [0.717, 1.165) is 5.56 Å². The molecule has 1 heterocycles. The van der Waals surface area contributed by atoms with Crippen molar-refractivity contribution in [2.45, 2.75) is 12.8 Å². The number of carbonyl (C=O) groups is 2. The topological polar surface area (TPSA) is 64.6 Å². The number of carbonyl (C=O) groups excluding carboxylic acids is 2. The molecular weight excluding hydrogens is 362 g/mol. The van der Waals surface area contributed by atoms with E-state index in [1.165, 1.54) is 14.2 Å². The van der Waals surface area contributed by atoms with Gasteiger partial charge < -0.3 is 14.8 Å². The number of methoxy groups -OCH3 is 2. The maximum absolute atomic E-state index is 12.4. The molecule has 0 bridgehead atoms. The first-order chi connectivity index (χ1) is 11.0. The van der Waals surface area contributed by atoms with Crippen LogP contribution < -0.4 is 5.32 Å². The Labute approximate surface area is 143 Å². The minimum atomic E-state index is -0.537. The molecule has 0 spiro atoms. The molecule has 0 amide bonds. The van der Waals surface area contributed by atoms with Crippen LogP contribution in [-0.4, -0.2) is 31.5 Å². The summed E-state index contributed by atoms with van der Waals surface area (Å²) >= 11 is 3.38. The van der Waals surface area contributed by atoms with E-state index in [4.69, 9.17) is 9.47 Å². The van der Waals surface area contributed by atoms with Crippen LogP contribution in [0.3, 0.4) is 0 Å². The molecule has 0 saturated heterocycles. The van der Waals surface area contributed by atoms with E-state index >= 15 is 0 Å². The molecule has 0 aliphatic carbocycles. The molecule has 5 nitrogen and oxygen atoms in total. The van der Waals surface area contributed by atoms with Gasteiger partial charge in [0.1, 0.15) is 0 Å². The van der Waals surface area contributed by atoms with Crippen molar-refractivity contribution in [1.29, 1.82) is 0 Å². The number of allylic oxidation sites excluding steroid dienone is 2. The Balaban J connectivity index is 2.69. The lowest BCUT2D eigenvalue weighted by atomic mass is 9.80. The second-order valence-electron chi connectivity index (χ2n) is 5.02. The first-order valence-corrected chi connectivity index (χ1v) is 8.15. The summed E-state index contributed by atoms with van der Waals surface area (Å²) in [6.07, 6.45) is 0. The number of halogens is 1. The molecule has 2 rings (SSSR count). The number of benzene rings is 1. The van der Waals surface area contributed by atoms with Crippen molar-refractivity contribution in [3.05, 3.63) is 58.4 Å². The third-order valence-corrected chi connectivity index (χ3v) is 4.28. The zero-order valence-corrected chi connectivity index (χ0v) is 14.8. The molecule has 0 fully saturated rings. The highest BCUT2D eigenvalue weighted by Gasteiger charge is 2.38. The van der Waals surface area contributed by atoms with Gasteiger partial charge in [0.25, 0.3) is 0 Å². The van der Waals surface area contributed by atoms with E-state index in [-0.39, 0.29) is 0 Å². The van der Waals surface area contributed by atoms with Gasteiger partial charge in [0.2, 0.25) is 0 Å². The highest BCUT2D eigenvalue weighted by atomic mass is 79.9. The van der Waals surface area contributed by atoms with Crippen LogP contribution in [0.2, 0.25) is 0 Å². The fraction of sp³-hybridized carbons (Fsp3) is 0.294. The Bertz CT molecular complexity index is 679. The zero-order valence-electron chi connectivity index (χ0n) is 13.2. The summed E-state index contributed by atoms with van der Waals surface area (Å²) in [5.41, 5.74) is 2.97. The average molecular weight is 380 g/mol. The van der Waals surface area contributed by atoms with Gasteiger partial charge in [0.05, 0.1) is 31.3 Å². The van der Waals surface area contributed by atoms with Crippen LogP contribution in [0, 0.1) is 0 Å². The zero-order chi connectivity index (χ0) is 17.0. The SMILES string of the molecule is COC(=O)C1=C(C)NC(CBr)=C(C(=O)OC)C1c1ccccc1. The quantitative estimate of drug-likeness (QED) is 0.643. The Morgan fingerprint density at radius 1 is 1.09 bits per heavy atom. The smallest absolute Gasteiger partial charge is 0.336 e. The molecule has 1 aliphatic rings. The van der Waals surface area contributed by atoms with E-state index in [0.29, 0.717) is 27.9 Å². The van der Waals surface area contributed by atoms with Crippen molar-refractivity contribution in [3.63, 3.8) is 0 Å². The standard InChI is InChI=1S/C17H18BrNO4/c1-10-13(16(20)22-2)14(11-7-5-4-6-8-11)15(17(21)23-3)12(9-18)19-10/h4-8,14,19H,9H2,1-3H3. The van der Waals surface area contributed by atoms with Gasteiger partial charge in [0.15, 0.2) is 0 Å². The molecule has 122 valence electrons. The highest BCUT2D eigenvalue weighted by Crippen LogP contribution is 2.39. The molecule has 1 atom stereocenters. The van der Waals surface area contributed by atoms with Gasteiger partial charge in [-0.3, -0.25) is 0 Å². The normalized spacial score (nSPS) is 17.7. The maximum atomic E-state index is 12.4. The van der Waals surface area contributed by atoms with Crippen LogP contribution in [0.25, 0.3) is 0 Å². The monoisotopic (exact) mass is 379 g/mol. The van der Waals surface area contributed by atoms with Crippen molar-refractivity contribution in [1.82, 2.24) is 5.32 Å². The fourth-order valence-electron chi connectivity index (χ4n) is 2.71. The minimum absolute atomic E-state index is 0.404. The van der Waals surface area contributed by atoms with Gasteiger partial charge in [0, 0.05) is 16.7 Å². The summed E-state index contributed by atoms with van der Waals surface area (Å²) in [6.45, 7) is 1.79. The summed E-state index contributed by atoms with van der Waals surface area (Å²) in [5.74, 6) is -1.49. The maximum Gasteiger partial charge on any atom is 0.336 e. The van der Waals surface area contributed by atoms with Gasteiger partial charge in [-0.2, -0.15) is 0 Å². The second-order valence-corrected chi connectivity index (χ2v) is 5.58. The van der Waals surface area contributed by atoms with E-state index in [9.17, 15) is 9.59 Å². The number of hydrogen-bond donors (Lipinski definition) is 1. The third kappa shape index (κ3) is 3.32. The molecule has 6 heteroatoms. The minimum Gasteiger partial charge on any atom is -0.466 e. The number of nitrogens with one attached hydrogen (secondary N) is 1. The highest BCUT2D eigenvalue weighted by molar-refractivity contribution is 9.09. The molecule has 23 heavy (non-hydrogen) atoms. The fourth-order valence-corrected chi connectivity index (χ4v) is 3.15. The number of esters is 2. The summed E-state index contributed by atoms with van der Waals surface area (Å²) in [7, 11) is 2.65. The lowest BCUT2D eigenvalue weighted by Gasteiger charge is -2.30. The largest absolute Gasteiger partial charge is 0.466 e. The first-order valence-electron chi connectivity index (χ1n) is 7.03. The molecule has 1 aromatic carbocycles. The molecular formula is C17H18BrNO4. The average Bonchev–Trinajstić information content (AvgIpc) is 2.60. The molecule has 0 radical (unpaired) electrons. The van der Waals surface area contributed by atoms with E-state index < -0.39 is 17.9 Å². The van der Waals surface area contributed by atoms with Gasteiger partial charge in [-0.25, -0.2) is 9.59 Å². The van der Waals surface area contributed by atoms with Crippen LogP contribution in [0.15, 0.2) is 52.9 Å². The molecule has 0 saturated carbocycles. The Hall–Kier alpha value is -2.08. The number of hydrogen-bond acceptors (Lipinski definition) is 5. The van der Waals surface area contributed by atoms with Crippen LogP contribution >= 0.6 is 15.9 Å². The summed E-state index contributed by atoms with van der Waals surface area (Å²) in [5, 5.41) is 3.54. The van der Waals surface area contributed by atoms with E-state index in [2.05, 4.69) is 21.2 Å². The summed E-state index contributed by atoms with van der Waals surface area (Å²) in [6, 6.07) is 9.36. The number of alkyl halides is 1. The predicted octanol–water partition coefficient (Wildman–Crippen LogP) is 2.64. The second kappa shape index (κ2) is 7.46. The first kappa shape index (κ1) is 17.3. The molecule has 1 aromatic rings. The van der Waals surface area contributed by atoms with Crippen molar-refractivity contribution in [2.24, 2.45) is 0 Å². The number of dihydropyridines is 1. The van der Waals surface area contributed by atoms with Crippen molar-refractivity contribution in [2.75, 3.05) is 19.5 Å². The van der Waals surface area contributed by atoms with E-state index in [1.54, 1.807) is 6.92 Å². The van der Waals surface area contributed by atoms with Crippen LogP contribution in [0.5, 0.6) is 0 Å². The summed E-state index contributed by atoms with van der Waals surface area (Å²) in [4.78, 5) is 24.7. The number of ether oxygens (including phenoxy) is 2. The van der Waals surface area contributed by atoms with Crippen LogP contribution in [0.1, 0.15) is 18.4 Å². The number of rotatable bonds is 4. The van der Waals surface area contributed by atoms with Crippen molar-refractivity contribution < 1.29 is 19.1 Å². The van der Waals surface area contributed by atoms with Crippen LogP contribution in [-0.2, 0) is 19.1 Å². The summed E-state index contributed by atoms with van der Waals surface area (Å²) < 4.78 is 9.86. The molecule has 1 aliphatic heterocycles. The molecule has 0 aromatic heterocycles. The van der Waals surface area contributed by atoms with E-state index in [1.807, 2.05) is 30.3 Å².